The SMILES string of the molecule is Cn1c(COc2ccccc2C(F)(F)F)cc2ccccc21. The van der Waals surface area contributed by atoms with Crippen LogP contribution < -0.4 is 4.74 Å². The lowest BCUT2D eigenvalue weighted by Gasteiger charge is -2.14. The van der Waals surface area contributed by atoms with E-state index >= 15 is 0 Å². The maximum atomic E-state index is 12.9. The molecule has 0 saturated carbocycles. The van der Waals surface area contributed by atoms with E-state index in [-0.39, 0.29) is 12.4 Å². The summed E-state index contributed by atoms with van der Waals surface area (Å²) in [7, 11) is 1.87. The third-order valence-corrected chi connectivity index (χ3v) is 3.62. The van der Waals surface area contributed by atoms with E-state index in [1.807, 2.05) is 41.9 Å². The number of fused-ring (bicyclic) bond motifs is 1. The molecule has 2 nitrogen and oxygen atoms in total. The molecule has 0 atom stereocenters. The highest BCUT2D eigenvalue weighted by Gasteiger charge is 2.34. The summed E-state index contributed by atoms with van der Waals surface area (Å²) in [5.74, 6) is -0.153. The molecule has 0 fully saturated rings. The second-order valence-electron chi connectivity index (χ2n) is 5.04. The minimum Gasteiger partial charge on any atom is -0.487 e. The summed E-state index contributed by atoms with van der Waals surface area (Å²) >= 11 is 0. The number of halogens is 3. The number of benzene rings is 2. The van der Waals surface area contributed by atoms with E-state index in [1.54, 1.807) is 0 Å². The van der Waals surface area contributed by atoms with Gasteiger partial charge in [-0.25, -0.2) is 0 Å². The Morgan fingerprint density at radius 2 is 1.68 bits per heavy atom. The first-order chi connectivity index (χ1) is 10.5. The number of ether oxygens (including phenoxy) is 1. The molecule has 3 rings (SSSR count). The lowest BCUT2D eigenvalue weighted by atomic mass is 10.2. The first-order valence-electron chi connectivity index (χ1n) is 6.79. The fraction of sp³-hybridized carbons (Fsp3) is 0.176. The third-order valence-electron chi connectivity index (χ3n) is 3.62. The molecule has 1 aromatic heterocycles. The summed E-state index contributed by atoms with van der Waals surface area (Å²) in [6.07, 6.45) is -4.42. The van der Waals surface area contributed by atoms with Crippen LogP contribution >= 0.6 is 0 Å². The van der Waals surface area contributed by atoms with Crippen molar-refractivity contribution in [2.45, 2.75) is 12.8 Å². The van der Waals surface area contributed by atoms with Crippen LogP contribution in [0.3, 0.4) is 0 Å². The minimum absolute atomic E-state index is 0.0816. The van der Waals surface area contributed by atoms with Gasteiger partial charge in [-0.05, 0) is 29.7 Å². The highest BCUT2D eigenvalue weighted by Crippen LogP contribution is 2.36. The smallest absolute Gasteiger partial charge is 0.419 e. The van der Waals surface area contributed by atoms with Gasteiger partial charge in [-0.2, -0.15) is 13.2 Å². The summed E-state index contributed by atoms with van der Waals surface area (Å²) in [5.41, 5.74) is 1.08. The first-order valence-corrected chi connectivity index (χ1v) is 6.79. The van der Waals surface area contributed by atoms with Crippen molar-refractivity contribution in [1.82, 2.24) is 4.57 Å². The van der Waals surface area contributed by atoms with E-state index in [0.717, 1.165) is 22.7 Å². The topological polar surface area (TPSA) is 14.2 Å². The van der Waals surface area contributed by atoms with Crippen molar-refractivity contribution in [2.24, 2.45) is 7.05 Å². The molecule has 0 unspecified atom stereocenters. The van der Waals surface area contributed by atoms with Crippen molar-refractivity contribution in [1.29, 1.82) is 0 Å². The molecule has 0 aliphatic heterocycles. The average molecular weight is 305 g/mol. The number of nitrogens with zero attached hydrogens (tertiary/aromatic N) is 1. The summed E-state index contributed by atoms with van der Waals surface area (Å²) < 4.78 is 46.1. The largest absolute Gasteiger partial charge is 0.487 e. The Bertz CT molecular complexity index is 805. The second-order valence-corrected chi connectivity index (χ2v) is 5.04. The molecule has 0 aliphatic carbocycles. The second kappa shape index (κ2) is 5.40. The van der Waals surface area contributed by atoms with Gasteiger partial charge in [0.1, 0.15) is 12.4 Å². The Morgan fingerprint density at radius 3 is 2.41 bits per heavy atom. The van der Waals surface area contributed by atoms with Crippen LogP contribution in [0.5, 0.6) is 5.75 Å². The summed E-state index contributed by atoms with van der Waals surface area (Å²) in [6.45, 7) is 0.0816. The van der Waals surface area contributed by atoms with Gasteiger partial charge in [-0.1, -0.05) is 30.3 Å². The van der Waals surface area contributed by atoms with Gasteiger partial charge in [-0.15, -0.1) is 0 Å². The van der Waals surface area contributed by atoms with Crippen LogP contribution in [0.15, 0.2) is 54.6 Å². The van der Waals surface area contributed by atoms with Crippen molar-refractivity contribution in [3.63, 3.8) is 0 Å². The molecular formula is C17H14F3NO. The zero-order valence-electron chi connectivity index (χ0n) is 11.9. The van der Waals surface area contributed by atoms with E-state index in [9.17, 15) is 13.2 Å². The molecule has 0 radical (unpaired) electrons. The zero-order chi connectivity index (χ0) is 15.7. The van der Waals surface area contributed by atoms with E-state index in [1.165, 1.54) is 18.2 Å². The van der Waals surface area contributed by atoms with E-state index < -0.39 is 11.7 Å². The molecule has 0 amide bonds. The number of hydrogen-bond acceptors (Lipinski definition) is 1. The van der Waals surface area contributed by atoms with Crippen molar-refractivity contribution in [3.8, 4) is 5.75 Å². The quantitative estimate of drug-likeness (QED) is 0.679. The highest BCUT2D eigenvalue weighted by atomic mass is 19.4. The number of hydrogen-bond donors (Lipinski definition) is 0. The normalized spacial score (nSPS) is 11.8. The Hall–Kier alpha value is -2.43. The monoisotopic (exact) mass is 305 g/mol. The summed E-state index contributed by atoms with van der Waals surface area (Å²) in [4.78, 5) is 0. The Kier molecular flexibility index (Phi) is 3.56. The van der Waals surface area contributed by atoms with Crippen LogP contribution in [0.25, 0.3) is 10.9 Å². The molecule has 0 saturated heterocycles. The van der Waals surface area contributed by atoms with E-state index in [4.69, 9.17) is 4.74 Å². The van der Waals surface area contributed by atoms with Crippen molar-refractivity contribution < 1.29 is 17.9 Å². The Balaban J connectivity index is 1.87. The Labute approximate surface area is 125 Å². The third kappa shape index (κ3) is 2.66. The van der Waals surface area contributed by atoms with Crippen molar-refractivity contribution in [2.75, 3.05) is 0 Å². The van der Waals surface area contributed by atoms with Crippen LogP contribution in [0.4, 0.5) is 13.2 Å². The average Bonchev–Trinajstić information content (AvgIpc) is 2.81. The Morgan fingerprint density at radius 1 is 1.00 bits per heavy atom. The summed E-state index contributed by atoms with van der Waals surface area (Å²) in [6, 6.07) is 14.9. The molecular weight excluding hydrogens is 291 g/mol. The van der Waals surface area contributed by atoms with E-state index in [2.05, 4.69) is 0 Å². The van der Waals surface area contributed by atoms with Gasteiger partial charge in [-0.3, -0.25) is 0 Å². The fourth-order valence-electron chi connectivity index (χ4n) is 2.46. The van der Waals surface area contributed by atoms with Crippen LogP contribution in [-0.2, 0) is 19.8 Å². The number of aryl methyl sites for hydroxylation is 1. The number of para-hydroxylation sites is 2. The molecule has 0 spiro atoms. The lowest BCUT2D eigenvalue weighted by molar-refractivity contribution is -0.139. The van der Waals surface area contributed by atoms with Gasteiger partial charge >= 0.3 is 6.18 Å². The van der Waals surface area contributed by atoms with Gasteiger partial charge in [0.15, 0.2) is 0 Å². The zero-order valence-corrected chi connectivity index (χ0v) is 11.9. The number of aromatic nitrogens is 1. The van der Waals surface area contributed by atoms with Crippen LogP contribution in [0.2, 0.25) is 0 Å². The van der Waals surface area contributed by atoms with Gasteiger partial charge in [0.2, 0.25) is 0 Å². The maximum absolute atomic E-state index is 12.9. The van der Waals surface area contributed by atoms with Gasteiger partial charge in [0, 0.05) is 12.6 Å². The maximum Gasteiger partial charge on any atom is 0.419 e. The van der Waals surface area contributed by atoms with E-state index in [0.29, 0.717) is 0 Å². The summed E-state index contributed by atoms with van der Waals surface area (Å²) in [5, 5.41) is 1.03. The minimum atomic E-state index is -4.42. The number of alkyl halides is 3. The molecule has 22 heavy (non-hydrogen) atoms. The highest BCUT2D eigenvalue weighted by molar-refractivity contribution is 5.81. The predicted octanol–water partition coefficient (Wildman–Crippen LogP) is 4.78. The predicted molar refractivity (Wildman–Crippen MR) is 78.7 cm³/mol. The molecule has 5 heteroatoms. The molecule has 3 aromatic rings. The van der Waals surface area contributed by atoms with Crippen molar-refractivity contribution in [3.05, 3.63) is 65.9 Å². The standard InChI is InChI=1S/C17H14F3NO/c1-21-13(10-12-6-2-4-8-15(12)21)11-22-16-9-5-3-7-14(16)17(18,19)20/h2-10H,11H2,1H3. The van der Waals surface area contributed by atoms with Crippen LogP contribution in [-0.4, -0.2) is 4.57 Å². The van der Waals surface area contributed by atoms with Crippen LogP contribution in [0, 0.1) is 0 Å². The fourth-order valence-corrected chi connectivity index (χ4v) is 2.46. The molecule has 0 bridgehead atoms. The van der Waals surface area contributed by atoms with Crippen LogP contribution in [0.1, 0.15) is 11.3 Å². The molecule has 1 heterocycles. The lowest BCUT2D eigenvalue weighted by Crippen LogP contribution is -2.09. The van der Waals surface area contributed by atoms with Gasteiger partial charge in [0.05, 0.1) is 11.3 Å². The molecule has 114 valence electrons. The molecule has 0 aliphatic rings. The molecule has 0 N–H and O–H groups in total. The number of rotatable bonds is 3. The van der Waals surface area contributed by atoms with Gasteiger partial charge < -0.3 is 9.30 Å². The molecule has 2 aromatic carbocycles. The van der Waals surface area contributed by atoms with Crippen molar-refractivity contribution >= 4 is 10.9 Å². The first kappa shape index (κ1) is 14.5. The van der Waals surface area contributed by atoms with Gasteiger partial charge in [0.25, 0.3) is 0 Å².